The van der Waals surface area contributed by atoms with Crippen molar-refractivity contribution in [3.63, 3.8) is 0 Å². The highest BCUT2D eigenvalue weighted by Gasteiger charge is 2.06. The Bertz CT molecular complexity index is 357. The first-order valence-corrected chi connectivity index (χ1v) is 5.89. The summed E-state index contributed by atoms with van der Waals surface area (Å²) in [6.45, 7) is 0.177. The van der Waals surface area contributed by atoms with Crippen molar-refractivity contribution < 1.29 is 5.11 Å². The Kier molecular flexibility index (Phi) is 4.94. The highest BCUT2D eigenvalue weighted by Crippen LogP contribution is 2.25. The molecule has 5 heteroatoms. The third-order valence-corrected chi connectivity index (χ3v) is 3.19. The van der Waals surface area contributed by atoms with Crippen LogP contribution in [-0.4, -0.2) is 23.3 Å². The molecule has 15 heavy (non-hydrogen) atoms. The lowest BCUT2D eigenvalue weighted by Gasteiger charge is -2.07. The smallest absolute Gasteiger partial charge is 0.123 e. The highest BCUT2D eigenvalue weighted by atomic mass is 35.5. The van der Waals surface area contributed by atoms with E-state index in [9.17, 15) is 0 Å². The van der Waals surface area contributed by atoms with Crippen LogP contribution in [0.15, 0.2) is 23.1 Å². The molecular formula is C10H13ClN2OS. The molecule has 0 aliphatic carbocycles. The summed E-state index contributed by atoms with van der Waals surface area (Å²) in [7, 11) is 0. The van der Waals surface area contributed by atoms with E-state index in [0.29, 0.717) is 10.6 Å². The van der Waals surface area contributed by atoms with E-state index < -0.39 is 0 Å². The number of aliphatic hydroxyl groups is 1. The summed E-state index contributed by atoms with van der Waals surface area (Å²) in [5.41, 5.74) is 6.11. The van der Waals surface area contributed by atoms with Crippen molar-refractivity contribution in [3.05, 3.63) is 28.8 Å². The minimum Gasteiger partial charge on any atom is -0.396 e. The third kappa shape index (κ3) is 3.74. The molecular weight excluding hydrogens is 232 g/mol. The number of amidine groups is 1. The van der Waals surface area contributed by atoms with E-state index in [1.807, 2.05) is 6.07 Å². The lowest BCUT2D eigenvalue weighted by molar-refractivity contribution is 0.296. The van der Waals surface area contributed by atoms with E-state index in [0.717, 1.165) is 17.1 Å². The Morgan fingerprint density at radius 2 is 2.27 bits per heavy atom. The Labute approximate surface area is 98.1 Å². The lowest BCUT2D eigenvalue weighted by atomic mass is 10.2. The highest BCUT2D eigenvalue weighted by molar-refractivity contribution is 7.99. The minimum absolute atomic E-state index is 0.0176. The number of halogens is 1. The molecule has 0 unspecified atom stereocenters. The Hall–Kier alpha value is -0.710. The SMILES string of the molecule is N=C(N)c1cc(Cl)ccc1SCCCO. The largest absolute Gasteiger partial charge is 0.396 e. The van der Waals surface area contributed by atoms with Crippen LogP contribution in [0.1, 0.15) is 12.0 Å². The van der Waals surface area contributed by atoms with Crippen LogP contribution in [0.3, 0.4) is 0 Å². The van der Waals surface area contributed by atoms with E-state index in [2.05, 4.69) is 0 Å². The van der Waals surface area contributed by atoms with Crippen LogP contribution in [0.5, 0.6) is 0 Å². The van der Waals surface area contributed by atoms with Gasteiger partial charge in [-0.05, 0) is 24.6 Å². The van der Waals surface area contributed by atoms with Gasteiger partial charge in [0, 0.05) is 27.8 Å². The molecule has 0 atom stereocenters. The molecule has 0 saturated heterocycles. The average Bonchev–Trinajstić information content (AvgIpc) is 2.20. The molecule has 0 saturated carbocycles. The normalized spacial score (nSPS) is 10.3. The van der Waals surface area contributed by atoms with Crippen molar-refractivity contribution in [2.45, 2.75) is 11.3 Å². The van der Waals surface area contributed by atoms with Gasteiger partial charge in [-0.1, -0.05) is 11.6 Å². The molecule has 0 bridgehead atoms. The summed E-state index contributed by atoms with van der Waals surface area (Å²) in [4.78, 5) is 0.931. The van der Waals surface area contributed by atoms with Gasteiger partial charge in [0.05, 0.1) is 0 Å². The van der Waals surface area contributed by atoms with Gasteiger partial charge in [-0.2, -0.15) is 0 Å². The van der Waals surface area contributed by atoms with Crippen molar-refractivity contribution >= 4 is 29.2 Å². The summed E-state index contributed by atoms with van der Waals surface area (Å²) < 4.78 is 0. The van der Waals surface area contributed by atoms with Crippen LogP contribution < -0.4 is 5.73 Å². The molecule has 0 radical (unpaired) electrons. The van der Waals surface area contributed by atoms with Crippen molar-refractivity contribution in [1.82, 2.24) is 0 Å². The number of nitrogens with two attached hydrogens (primary N) is 1. The van der Waals surface area contributed by atoms with Gasteiger partial charge >= 0.3 is 0 Å². The van der Waals surface area contributed by atoms with Gasteiger partial charge in [0.2, 0.25) is 0 Å². The molecule has 1 aromatic carbocycles. The van der Waals surface area contributed by atoms with Crippen LogP contribution in [0, 0.1) is 5.41 Å². The Balaban J connectivity index is 2.81. The second-order valence-electron chi connectivity index (χ2n) is 2.98. The quantitative estimate of drug-likeness (QED) is 0.322. The summed E-state index contributed by atoms with van der Waals surface area (Å²) >= 11 is 7.39. The van der Waals surface area contributed by atoms with E-state index in [4.69, 9.17) is 27.9 Å². The number of nitrogens with one attached hydrogen (secondary N) is 1. The fourth-order valence-electron chi connectivity index (χ4n) is 1.09. The van der Waals surface area contributed by atoms with E-state index in [1.54, 1.807) is 23.9 Å². The van der Waals surface area contributed by atoms with E-state index in [-0.39, 0.29) is 12.4 Å². The van der Waals surface area contributed by atoms with Crippen molar-refractivity contribution in [2.75, 3.05) is 12.4 Å². The molecule has 0 fully saturated rings. The number of nitrogen functional groups attached to an aromatic ring is 1. The summed E-state index contributed by atoms with van der Waals surface area (Å²) in [6.07, 6.45) is 0.727. The van der Waals surface area contributed by atoms with E-state index >= 15 is 0 Å². The van der Waals surface area contributed by atoms with Gasteiger partial charge in [0.15, 0.2) is 0 Å². The van der Waals surface area contributed by atoms with Crippen LogP contribution in [0.4, 0.5) is 0 Å². The fraction of sp³-hybridized carbons (Fsp3) is 0.300. The predicted molar refractivity (Wildman–Crippen MR) is 64.9 cm³/mol. The monoisotopic (exact) mass is 244 g/mol. The average molecular weight is 245 g/mol. The van der Waals surface area contributed by atoms with Crippen LogP contribution in [0.25, 0.3) is 0 Å². The second kappa shape index (κ2) is 6.00. The molecule has 1 rings (SSSR count). The molecule has 3 nitrogen and oxygen atoms in total. The maximum Gasteiger partial charge on any atom is 0.123 e. The first-order valence-electron chi connectivity index (χ1n) is 4.52. The van der Waals surface area contributed by atoms with Crippen molar-refractivity contribution in [3.8, 4) is 0 Å². The fourth-order valence-corrected chi connectivity index (χ4v) is 2.24. The number of benzene rings is 1. The molecule has 0 heterocycles. The van der Waals surface area contributed by atoms with Crippen LogP contribution >= 0.6 is 23.4 Å². The number of hydrogen-bond donors (Lipinski definition) is 3. The predicted octanol–water partition coefficient (Wildman–Crippen LogP) is 2.10. The van der Waals surface area contributed by atoms with Crippen molar-refractivity contribution in [1.29, 1.82) is 5.41 Å². The summed E-state index contributed by atoms with van der Waals surface area (Å²) in [6, 6.07) is 5.31. The first-order chi connectivity index (χ1) is 7.15. The standard InChI is InChI=1S/C10H13ClN2OS/c11-7-2-3-9(15-5-1-4-14)8(6-7)10(12)13/h2-3,6,14H,1,4-5H2,(H3,12,13). The molecule has 0 spiro atoms. The molecule has 0 aromatic heterocycles. The molecule has 82 valence electrons. The zero-order valence-corrected chi connectivity index (χ0v) is 9.74. The Morgan fingerprint density at radius 3 is 2.87 bits per heavy atom. The van der Waals surface area contributed by atoms with Gasteiger partial charge in [-0.3, -0.25) is 5.41 Å². The summed E-state index contributed by atoms with van der Waals surface area (Å²) in [5, 5.41) is 16.7. The van der Waals surface area contributed by atoms with Crippen LogP contribution in [-0.2, 0) is 0 Å². The van der Waals surface area contributed by atoms with Gasteiger partial charge in [0.1, 0.15) is 5.84 Å². The van der Waals surface area contributed by atoms with Gasteiger partial charge < -0.3 is 10.8 Å². The zero-order valence-electron chi connectivity index (χ0n) is 8.16. The summed E-state index contributed by atoms with van der Waals surface area (Å²) in [5.74, 6) is 0.822. The second-order valence-corrected chi connectivity index (χ2v) is 4.55. The molecule has 0 aliphatic rings. The Morgan fingerprint density at radius 1 is 1.53 bits per heavy atom. The number of thioether (sulfide) groups is 1. The third-order valence-electron chi connectivity index (χ3n) is 1.79. The molecule has 0 aliphatic heterocycles. The number of rotatable bonds is 5. The zero-order chi connectivity index (χ0) is 11.3. The van der Waals surface area contributed by atoms with Crippen LogP contribution in [0.2, 0.25) is 5.02 Å². The number of aliphatic hydroxyl groups excluding tert-OH is 1. The maximum absolute atomic E-state index is 8.67. The maximum atomic E-state index is 8.67. The van der Waals surface area contributed by atoms with Gasteiger partial charge in [0.25, 0.3) is 0 Å². The number of hydrogen-bond acceptors (Lipinski definition) is 3. The molecule has 0 amide bonds. The first kappa shape index (κ1) is 12.4. The molecule has 4 N–H and O–H groups in total. The minimum atomic E-state index is 0.0176. The van der Waals surface area contributed by atoms with E-state index in [1.165, 1.54) is 0 Å². The lowest BCUT2D eigenvalue weighted by Crippen LogP contribution is -2.12. The van der Waals surface area contributed by atoms with Gasteiger partial charge in [-0.25, -0.2) is 0 Å². The van der Waals surface area contributed by atoms with Gasteiger partial charge in [-0.15, -0.1) is 11.8 Å². The molecule has 1 aromatic rings. The topological polar surface area (TPSA) is 70.1 Å². The van der Waals surface area contributed by atoms with Crippen molar-refractivity contribution in [2.24, 2.45) is 5.73 Å².